The van der Waals surface area contributed by atoms with Gasteiger partial charge < -0.3 is 4.48 Å². The zero-order valence-electron chi connectivity index (χ0n) is 13.9. The SMILES string of the molecule is Bn1c(/C=C\C)c(/C=C\C)c2c3c(ccc21)-c1ccccc1C3. The predicted molar refractivity (Wildman–Crippen MR) is 104 cm³/mol. The maximum atomic E-state index is 2.31. The molecule has 1 aliphatic carbocycles. The van der Waals surface area contributed by atoms with Gasteiger partial charge in [-0.2, -0.15) is 0 Å². The fourth-order valence-corrected chi connectivity index (χ4v) is 3.91. The van der Waals surface area contributed by atoms with Crippen molar-refractivity contribution in [2.45, 2.75) is 20.3 Å². The lowest BCUT2D eigenvalue weighted by molar-refractivity contribution is 1.27. The molecule has 1 aliphatic rings. The second kappa shape index (κ2) is 5.31. The Morgan fingerprint density at radius 1 is 0.957 bits per heavy atom. The van der Waals surface area contributed by atoms with E-state index in [1.54, 1.807) is 0 Å². The van der Waals surface area contributed by atoms with E-state index in [1.165, 1.54) is 44.4 Å². The first-order valence-corrected chi connectivity index (χ1v) is 8.24. The van der Waals surface area contributed by atoms with Crippen LogP contribution in [-0.2, 0) is 6.42 Å². The van der Waals surface area contributed by atoms with Gasteiger partial charge in [0.1, 0.15) is 0 Å². The van der Waals surface area contributed by atoms with Crippen LogP contribution >= 0.6 is 0 Å². The molecule has 0 spiro atoms. The van der Waals surface area contributed by atoms with Crippen LogP contribution in [0.3, 0.4) is 0 Å². The Kier molecular flexibility index (Phi) is 3.26. The van der Waals surface area contributed by atoms with E-state index in [2.05, 4.69) is 87.0 Å². The monoisotopic (exact) mass is 297 g/mol. The van der Waals surface area contributed by atoms with Gasteiger partial charge in [-0.05, 0) is 54.7 Å². The molecule has 112 valence electrons. The van der Waals surface area contributed by atoms with Crippen molar-refractivity contribution in [1.29, 1.82) is 0 Å². The van der Waals surface area contributed by atoms with Gasteiger partial charge in [-0.1, -0.05) is 48.6 Å². The van der Waals surface area contributed by atoms with Crippen LogP contribution in [0.2, 0.25) is 0 Å². The number of allylic oxidation sites excluding steroid dienone is 2. The molecule has 0 aliphatic heterocycles. The van der Waals surface area contributed by atoms with E-state index in [1.807, 2.05) is 0 Å². The summed E-state index contributed by atoms with van der Waals surface area (Å²) in [5.74, 6) is 0. The van der Waals surface area contributed by atoms with Gasteiger partial charge in [0.25, 0.3) is 0 Å². The van der Waals surface area contributed by atoms with Crippen LogP contribution < -0.4 is 0 Å². The largest absolute Gasteiger partial charge is 0.393 e. The van der Waals surface area contributed by atoms with Crippen LogP contribution in [0.25, 0.3) is 34.2 Å². The number of hydrogen-bond acceptors (Lipinski definition) is 0. The molecule has 0 amide bonds. The first-order valence-electron chi connectivity index (χ1n) is 8.24. The molecule has 0 unspecified atom stereocenters. The average Bonchev–Trinajstić information content (AvgIpc) is 3.06. The number of nitrogens with zero attached hydrogens (tertiary/aromatic N) is 1. The lowest BCUT2D eigenvalue weighted by atomic mass is 9.99. The Morgan fingerprint density at radius 2 is 1.74 bits per heavy atom. The molecular formula is C21H20BN. The van der Waals surface area contributed by atoms with Crippen LogP contribution in [0.4, 0.5) is 0 Å². The third-order valence-electron chi connectivity index (χ3n) is 4.89. The standard InChI is InChI=1S/C21H20BN/c1-3-7-17-19(8-4-2)23(22)20-12-11-16-15-10-6-5-9-14(15)13-18(16)21(17)20/h3-12H,13,22H2,1-2H3/b7-3-,8-4-. The summed E-state index contributed by atoms with van der Waals surface area (Å²) in [6.07, 6.45) is 9.76. The van der Waals surface area contributed by atoms with Crippen LogP contribution in [0.5, 0.6) is 0 Å². The second-order valence-corrected chi connectivity index (χ2v) is 6.18. The first kappa shape index (κ1) is 14.1. The van der Waals surface area contributed by atoms with Crippen molar-refractivity contribution in [1.82, 2.24) is 4.48 Å². The van der Waals surface area contributed by atoms with Gasteiger partial charge in [0.05, 0.1) is 0 Å². The predicted octanol–water partition coefficient (Wildman–Crippen LogP) is 4.67. The molecule has 0 fully saturated rings. The lowest BCUT2D eigenvalue weighted by Gasteiger charge is -2.04. The van der Waals surface area contributed by atoms with Crippen molar-refractivity contribution in [2.75, 3.05) is 0 Å². The van der Waals surface area contributed by atoms with Gasteiger partial charge >= 0.3 is 0 Å². The Morgan fingerprint density at radius 3 is 2.52 bits per heavy atom. The average molecular weight is 297 g/mol. The van der Waals surface area contributed by atoms with Gasteiger partial charge in [-0.15, -0.1) is 0 Å². The van der Waals surface area contributed by atoms with Crippen molar-refractivity contribution in [3.05, 3.63) is 70.9 Å². The molecule has 4 rings (SSSR count). The highest BCUT2D eigenvalue weighted by Gasteiger charge is 2.23. The molecule has 23 heavy (non-hydrogen) atoms. The Hall–Kier alpha value is -2.48. The highest BCUT2D eigenvalue weighted by Crippen LogP contribution is 2.43. The Bertz CT molecular complexity index is 973. The molecule has 1 heterocycles. The third kappa shape index (κ3) is 1.95. The van der Waals surface area contributed by atoms with E-state index in [9.17, 15) is 0 Å². The molecular weight excluding hydrogens is 277 g/mol. The molecule has 2 aromatic carbocycles. The van der Waals surface area contributed by atoms with Crippen LogP contribution in [-0.4, -0.2) is 12.5 Å². The molecule has 0 atom stereocenters. The van der Waals surface area contributed by atoms with Crippen molar-refractivity contribution < 1.29 is 0 Å². The summed E-state index contributed by atoms with van der Waals surface area (Å²) in [6, 6.07) is 13.4. The quantitative estimate of drug-likeness (QED) is 0.474. The second-order valence-electron chi connectivity index (χ2n) is 6.18. The summed E-state index contributed by atoms with van der Waals surface area (Å²) in [6.45, 7) is 4.17. The summed E-state index contributed by atoms with van der Waals surface area (Å²) in [4.78, 5) is 0. The van der Waals surface area contributed by atoms with Gasteiger partial charge in [-0.25, -0.2) is 0 Å². The molecule has 3 aromatic rings. The maximum Gasteiger partial charge on any atom is 0.223 e. The molecule has 0 radical (unpaired) electrons. The van der Waals surface area contributed by atoms with Crippen molar-refractivity contribution in [2.24, 2.45) is 0 Å². The van der Waals surface area contributed by atoms with E-state index >= 15 is 0 Å². The van der Waals surface area contributed by atoms with E-state index in [-0.39, 0.29) is 0 Å². The summed E-state index contributed by atoms with van der Waals surface area (Å²) < 4.78 is 2.31. The minimum Gasteiger partial charge on any atom is -0.393 e. The Balaban J connectivity index is 2.11. The summed E-state index contributed by atoms with van der Waals surface area (Å²) >= 11 is 0. The van der Waals surface area contributed by atoms with E-state index in [0.717, 1.165) is 6.42 Å². The van der Waals surface area contributed by atoms with E-state index in [0.29, 0.717) is 0 Å². The summed E-state index contributed by atoms with van der Waals surface area (Å²) in [5, 5.41) is 1.41. The molecule has 2 heteroatoms. The molecule has 0 bridgehead atoms. The molecule has 1 aromatic heterocycles. The van der Waals surface area contributed by atoms with Gasteiger partial charge in [0, 0.05) is 22.2 Å². The number of aromatic nitrogens is 1. The van der Waals surface area contributed by atoms with Gasteiger partial charge in [0.15, 0.2) is 0 Å². The first-order chi connectivity index (χ1) is 11.3. The number of hydrogen-bond donors (Lipinski definition) is 0. The zero-order valence-corrected chi connectivity index (χ0v) is 13.9. The smallest absolute Gasteiger partial charge is 0.223 e. The molecule has 1 nitrogen and oxygen atoms in total. The highest BCUT2D eigenvalue weighted by atomic mass is 14.9. The number of rotatable bonds is 2. The molecule has 0 N–H and O–H groups in total. The topological polar surface area (TPSA) is 4.93 Å². The van der Waals surface area contributed by atoms with Gasteiger partial charge in [-0.3, -0.25) is 0 Å². The normalized spacial score (nSPS) is 13.3. The summed E-state index contributed by atoms with van der Waals surface area (Å²) in [5.41, 5.74) is 9.65. The summed E-state index contributed by atoms with van der Waals surface area (Å²) in [7, 11) is 2.17. The minimum absolute atomic E-state index is 1.03. The van der Waals surface area contributed by atoms with Crippen LogP contribution in [0.15, 0.2) is 48.6 Å². The van der Waals surface area contributed by atoms with Crippen molar-refractivity contribution >= 4 is 31.0 Å². The highest BCUT2D eigenvalue weighted by molar-refractivity contribution is 6.16. The van der Waals surface area contributed by atoms with E-state index < -0.39 is 0 Å². The number of fused-ring (bicyclic) bond motifs is 5. The van der Waals surface area contributed by atoms with E-state index in [4.69, 9.17) is 0 Å². The fourth-order valence-electron chi connectivity index (χ4n) is 3.91. The third-order valence-corrected chi connectivity index (χ3v) is 4.89. The maximum absolute atomic E-state index is 2.31. The Labute approximate surface area is 138 Å². The zero-order chi connectivity index (χ0) is 16.0. The molecule has 0 saturated heterocycles. The molecule has 0 saturated carbocycles. The van der Waals surface area contributed by atoms with Crippen molar-refractivity contribution in [3.8, 4) is 11.1 Å². The van der Waals surface area contributed by atoms with Crippen molar-refractivity contribution in [3.63, 3.8) is 0 Å². The number of benzene rings is 2. The lowest BCUT2D eigenvalue weighted by Crippen LogP contribution is -1.94. The minimum atomic E-state index is 1.03. The van der Waals surface area contributed by atoms with Crippen LogP contribution in [0, 0.1) is 0 Å². The van der Waals surface area contributed by atoms with Crippen LogP contribution in [0.1, 0.15) is 36.2 Å². The van der Waals surface area contributed by atoms with Gasteiger partial charge in [0.2, 0.25) is 7.98 Å². The fraction of sp³-hybridized carbons (Fsp3) is 0.143.